The van der Waals surface area contributed by atoms with Gasteiger partial charge in [0.1, 0.15) is 0 Å². The summed E-state index contributed by atoms with van der Waals surface area (Å²) < 4.78 is 0. The van der Waals surface area contributed by atoms with Gasteiger partial charge in [-0.25, -0.2) is 0 Å². The summed E-state index contributed by atoms with van der Waals surface area (Å²) in [4.78, 5) is 0. The number of benzene rings is 2. The van der Waals surface area contributed by atoms with Crippen molar-refractivity contribution >= 4 is 0 Å². The van der Waals surface area contributed by atoms with Crippen molar-refractivity contribution in [1.29, 1.82) is 0 Å². The first-order chi connectivity index (χ1) is 9.38. The minimum atomic E-state index is -0.433. The molecular formula is C19H24O. The highest BCUT2D eigenvalue weighted by atomic mass is 16.3. The highest BCUT2D eigenvalue weighted by Gasteiger charge is 2.14. The maximum absolute atomic E-state index is 10.6. The van der Waals surface area contributed by atoms with Crippen LogP contribution in [0, 0.1) is 34.6 Å². The second-order valence-electron chi connectivity index (χ2n) is 5.95. The molecule has 0 saturated heterocycles. The van der Waals surface area contributed by atoms with E-state index in [4.69, 9.17) is 0 Å². The topological polar surface area (TPSA) is 20.2 Å². The zero-order valence-corrected chi connectivity index (χ0v) is 13.1. The maximum Gasteiger partial charge on any atom is 0.0835 e. The molecule has 0 aliphatic rings. The standard InChI is InChI=1S/C19H24O/c1-12-8-15(4)19(16(5)9-12)18(20)11-17-7-6-13(2)14(3)10-17/h6-10,18,20H,11H2,1-5H3. The SMILES string of the molecule is Cc1cc(C)c(C(O)Cc2ccc(C)c(C)c2)c(C)c1. The van der Waals surface area contributed by atoms with Crippen LogP contribution in [0.25, 0.3) is 0 Å². The highest BCUT2D eigenvalue weighted by molar-refractivity contribution is 5.40. The third-order valence-corrected chi connectivity index (χ3v) is 4.07. The predicted molar refractivity (Wildman–Crippen MR) is 85.2 cm³/mol. The Hall–Kier alpha value is -1.60. The second kappa shape index (κ2) is 5.80. The fraction of sp³-hybridized carbons (Fsp3) is 0.368. The van der Waals surface area contributed by atoms with Crippen molar-refractivity contribution in [2.24, 2.45) is 0 Å². The zero-order chi connectivity index (χ0) is 14.9. The van der Waals surface area contributed by atoms with Gasteiger partial charge >= 0.3 is 0 Å². The van der Waals surface area contributed by atoms with Crippen molar-refractivity contribution < 1.29 is 5.11 Å². The van der Waals surface area contributed by atoms with E-state index in [9.17, 15) is 5.11 Å². The average Bonchev–Trinajstić information content (AvgIpc) is 2.32. The van der Waals surface area contributed by atoms with E-state index in [0.29, 0.717) is 6.42 Å². The van der Waals surface area contributed by atoms with E-state index in [1.807, 2.05) is 0 Å². The van der Waals surface area contributed by atoms with E-state index in [-0.39, 0.29) is 0 Å². The van der Waals surface area contributed by atoms with Gasteiger partial charge in [-0.15, -0.1) is 0 Å². The van der Waals surface area contributed by atoms with Crippen LogP contribution in [-0.2, 0) is 6.42 Å². The first-order valence-corrected chi connectivity index (χ1v) is 7.20. The fourth-order valence-electron chi connectivity index (χ4n) is 2.97. The first-order valence-electron chi connectivity index (χ1n) is 7.20. The van der Waals surface area contributed by atoms with Crippen molar-refractivity contribution in [3.63, 3.8) is 0 Å². The van der Waals surface area contributed by atoms with Gasteiger partial charge in [-0.3, -0.25) is 0 Å². The van der Waals surface area contributed by atoms with Gasteiger partial charge in [0.15, 0.2) is 0 Å². The van der Waals surface area contributed by atoms with Crippen LogP contribution in [0.2, 0.25) is 0 Å². The molecule has 0 amide bonds. The lowest BCUT2D eigenvalue weighted by atomic mass is 9.91. The molecule has 0 aliphatic carbocycles. The van der Waals surface area contributed by atoms with Crippen molar-refractivity contribution in [3.05, 3.63) is 69.3 Å². The predicted octanol–water partition coefficient (Wildman–Crippen LogP) is 4.50. The molecule has 1 unspecified atom stereocenters. The van der Waals surface area contributed by atoms with E-state index in [0.717, 1.165) is 5.56 Å². The maximum atomic E-state index is 10.6. The average molecular weight is 268 g/mol. The Bertz CT molecular complexity index is 603. The highest BCUT2D eigenvalue weighted by Crippen LogP contribution is 2.26. The molecule has 0 spiro atoms. The van der Waals surface area contributed by atoms with E-state index in [1.165, 1.54) is 33.4 Å². The quantitative estimate of drug-likeness (QED) is 0.868. The summed E-state index contributed by atoms with van der Waals surface area (Å²) in [5.74, 6) is 0. The lowest BCUT2D eigenvalue weighted by Crippen LogP contribution is -2.07. The van der Waals surface area contributed by atoms with Gasteiger partial charge in [0.25, 0.3) is 0 Å². The molecule has 1 N–H and O–H groups in total. The molecule has 20 heavy (non-hydrogen) atoms. The first kappa shape index (κ1) is 14.8. The van der Waals surface area contributed by atoms with E-state index < -0.39 is 6.10 Å². The van der Waals surface area contributed by atoms with Crippen LogP contribution in [0.4, 0.5) is 0 Å². The monoisotopic (exact) mass is 268 g/mol. The Morgan fingerprint density at radius 2 is 1.40 bits per heavy atom. The number of aliphatic hydroxyl groups excluding tert-OH is 1. The molecular weight excluding hydrogens is 244 g/mol. The third kappa shape index (κ3) is 3.10. The minimum Gasteiger partial charge on any atom is -0.388 e. The summed E-state index contributed by atoms with van der Waals surface area (Å²) >= 11 is 0. The minimum absolute atomic E-state index is 0.433. The molecule has 0 heterocycles. The molecule has 2 rings (SSSR count). The molecule has 1 heteroatoms. The summed E-state index contributed by atoms with van der Waals surface area (Å²) in [6, 6.07) is 10.7. The van der Waals surface area contributed by atoms with Crippen LogP contribution >= 0.6 is 0 Å². The Morgan fingerprint density at radius 3 is 1.95 bits per heavy atom. The summed E-state index contributed by atoms with van der Waals surface area (Å²) in [7, 11) is 0. The van der Waals surface area contributed by atoms with Gasteiger partial charge in [0.05, 0.1) is 6.10 Å². The normalized spacial score (nSPS) is 12.5. The number of hydrogen-bond donors (Lipinski definition) is 1. The van der Waals surface area contributed by atoms with Gasteiger partial charge in [0, 0.05) is 6.42 Å². The molecule has 0 radical (unpaired) electrons. The van der Waals surface area contributed by atoms with E-state index >= 15 is 0 Å². The molecule has 1 nitrogen and oxygen atoms in total. The largest absolute Gasteiger partial charge is 0.388 e. The Morgan fingerprint density at radius 1 is 0.800 bits per heavy atom. The molecule has 0 aliphatic heterocycles. The lowest BCUT2D eigenvalue weighted by molar-refractivity contribution is 0.177. The molecule has 2 aromatic rings. The number of aliphatic hydroxyl groups is 1. The van der Waals surface area contributed by atoms with Crippen LogP contribution in [-0.4, -0.2) is 5.11 Å². The third-order valence-electron chi connectivity index (χ3n) is 4.07. The van der Waals surface area contributed by atoms with Crippen LogP contribution in [0.1, 0.15) is 45.0 Å². The molecule has 0 saturated carbocycles. The number of hydrogen-bond acceptors (Lipinski definition) is 1. The molecule has 106 valence electrons. The molecule has 0 aromatic heterocycles. The second-order valence-corrected chi connectivity index (χ2v) is 5.95. The number of rotatable bonds is 3. The number of aryl methyl sites for hydroxylation is 5. The van der Waals surface area contributed by atoms with Crippen molar-refractivity contribution in [2.45, 2.75) is 47.1 Å². The molecule has 0 fully saturated rings. The van der Waals surface area contributed by atoms with Gasteiger partial charge in [-0.1, -0.05) is 35.9 Å². The van der Waals surface area contributed by atoms with Crippen molar-refractivity contribution in [2.75, 3.05) is 0 Å². The Balaban J connectivity index is 2.28. The Kier molecular flexibility index (Phi) is 4.29. The summed E-state index contributed by atoms with van der Waals surface area (Å²) in [5.41, 5.74) is 8.46. The Labute approximate surface area is 122 Å². The molecule has 2 aromatic carbocycles. The summed E-state index contributed by atoms with van der Waals surface area (Å²) in [5, 5.41) is 10.6. The van der Waals surface area contributed by atoms with Gasteiger partial charge in [0.2, 0.25) is 0 Å². The summed E-state index contributed by atoms with van der Waals surface area (Å²) in [6.07, 6.45) is 0.240. The van der Waals surface area contributed by atoms with Crippen LogP contribution in [0.5, 0.6) is 0 Å². The van der Waals surface area contributed by atoms with Crippen molar-refractivity contribution in [3.8, 4) is 0 Å². The molecule has 1 atom stereocenters. The lowest BCUT2D eigenvalue weighted by Gasteiger charge is -2.18. The zero-order valence-electron chi connectivity index (χ0n) is 13.1. The molecule has 0 bridgehead atoms. The van der Waals surface area contributed by atoms with Crippen molar-refractivity contribution in [1.82, 2.24) is 0 Å². The summed E-state index contributed by atoms with van der Waals surface area (Å²) in [6.45, 7) is 10.5. The fourth-order valence-corrected chi connectivity index (χ4v) is 2.97. The van der Waals surface area contributed by atoms with Crippen LogP contribution in [0.3, 0.4) is 0 Å². The van der Waals surface area contributed by atoms with Gasteiger partial charge in [-0.2, -0.15) is 0 Å². The van der Waals surface area contributed by atoms with Gasteiger partial charge in [-0.05, 0) is 68.0 Å². The van der Waals surface area contributed by atoms with Crippen LogP contribution in [0.15, 0.2) is 30.3 Å². The van der Waals surface area contributed by atoms with Crippen LogP contribution < -0.4 is 0 Å². The van der Waals surface area contributed by atoms with Gasteiger partial charge < -0.3 is 5.11 Å². The smallest absolute Gasteiger partial charge is 0.0835 e. The van der Waals surface area contributed by atoms with E-state index in [2.05, 4.69) is 65.0 Å². The van der Waals surface area contributed by atoms with E-state index in [1.54, 1.807) is 0 Å².